The van der Waals surface area contributed by atoms with Gasteiger partial charge in [-0.2, -0.15) is 0 Å². The molecule has 3 aromatic rings. The Balaban J connectivity index is 1.04. The van der Waals surface area contributed by atoms with Crippen LogP contribution in [-0.4, -0.2) is 41.7 Å². The molecular weight excluding hydrogens is 468 g/mol. The van der Waals surface area contributed by atoms with Gasteiger partial charge in [0.05, 0.1) is 0 Å². The van der Waals surface area contributed by atoms with E-state index in [1.807, 2.05) is 12.1 Å². The third kappa shape index (κ3) is 7.36. The van der Waals surface area contributed by atoms with E-state index >= 15 is 0 Å². The molecule has 35 heavy (non-hydrogen) atoms. The van der Waals surface area contributed by atoms with E-state index in [-0.39, 0.29) is 0 Å². The Morgan fingerprint density at radius 1 is 0.714 bits per heavy atom. The summed E-state index contributed by atoms with van der Waals surface area (Å²) in [5.41, 5.74) is 5.92. The molecule has 0 amide bonds. The van der Waals surface area contributed by atoms with E-state index in [1.165, 1.54) is 67.0 Å². The smallest absolute Gasteiger partial charge is 0.0406 e. The number of likely N-dealkylation sites (tertiary alicyclic amines) is 1. The lowest BCUT2D eigenvalue weighted by atomic mass is 9.94. The maximum atomic E-state index is 6.02. The minimum atomic E-state index is 0.824. The third-order valence-electron chi connectivity index (χ3n) is 7.64. The second-order valence-corrected chi connectivity index (χ2v) is 11.8. The largest absolute Gasteiger partial charge is 0.299 e. The van der Waals surface area contributed by atoms with Gasteiger partial charge in [-0.1, -0.05) is 60.1 Å². The van der Waals surface area contributed by atoms with Crippen LogP contribution in [0.1, 0.15) is 41.5 Å². The number of rotatable bonds is 8. The van der Waals surface area contributed by atoms with Crippen molar-refractivity contribution in [2.75, 3.05) is 31.9 Å². The molecule has 0 aliphatic carbocycles. The molecule has 4 heteroatoms. The highest BCUT2D eigenvalue weighted by Crippen LogP contribution is 2.29. The normalized spacial score (nSPS) is 17.7. The SMILES string of the molecule is Clc1ccc(CN2CCC(CCSc3ccc4c(c3)CCN(Cc3ccccc3)CC4)CC2)cc1. The number of hydrogen-bond acceptors (Lipinski definition) is 3. The van der Waals surface area contributed by atoms with Gasteiger partial charge in [0.15, 0.2) is 0 Å². The minimum absolute atomic E-state index is 0.824. The van der Waals surface area contributed by atoms with E-state index in [9.17, 15) is 0 Å². The first-order chi connectivity index (χ1) is 17.2. The zero-order valence-corrected chi connectivity index (χ0v) is 22.2. The Morgan fingerprint density at radius 2 is 1.37 bits per heavy atom. The number of nitrogens with zero attached hydrogens (tertiary/aromatic N) is 2. The molecule has 0 unspecified atom stereocenters. The highest BCUT2D eigenvalue weighted by Gasteiger charge is 2.19. The van der Waals surface area contributed by atoms with Crippen LogP contribution in [0.3, 0.4) is 0 Å². The maximum Gasteiger partial charge on any atom is 0.0406 e. The highest BCUT2D eigenvalue weighted by molar-refractivity contribution is 7.99. The van der Waals surface area contributed by atoms with Crippen molar-refractivity contribution in [1.29, 1.82) is 0 Å². The third-order valence-corrected chi connectivity index (χ3v) is 8.92. The first-order valence-electron chi connectivity index (χ1n) is 13.2. The molecule has 0 bridgehead atoms. The lowest BCUT2D eigenvalue weighted by Gasteiger charge is -2.32. The molecule has 3 aromatic carbocycles. The van der Waals surface area contributed by atoms with E-state index in [4.69, 9.17) is 11.6 Å². The molecule has 2 aliphatic heterocycles. The number of piperidine rings is 1. The van der Waals surface area contributed by atoms with Crippen molar-refractivity contribution in [1.82, 2.24) is 9.80 Å². The molecular formula is C31H37ClN2S. The molecule has 184 valence electrons. The number of hydrogen-bond donors (Lipinski definition) is 0. The summed E-state index contributed by atoms with van der Waals surface area (Å²) in [7, 11) is 0. The van der Waals surface area contributed by atoms with Gasteiger partial charge in [-0.15, -0.1) is 11.8 Å². The molecule has 5 rings (SSSR count). The van der Waals surface area contributed by atoms with Crippen molar-refractivity contribution >= 4 is 23.4 Å². The quantitative estimate of drug-likeness (QED) is 0.296. The fourth-order valence-electron chi connectivity index (χ4n) is 5.46. The van der Waals surface area contributed by atoms with Crippen LogP contribution in [0.25, 0.3) is 0 Å². The van der Waals surface area contributed by atoms with Crippen LogP contribution in [0.15, 0.2) is 77.7 Å². The van der Waals surface area contributed by atoms with Gasteiger partial charge in [0.25, 0.3) is 0 Å². The van der Waals surface area contributed by atoms with Crippen LogP contribution in [0, 0.1) is 5.92 Å². The number of fused-ring (bicyclic) bond motifs is 1. The molecule has 0 atom stereocenters. The first-order valence-corrected chi connectivity index (χ1v) is 14.6. The molecule has 1 fully saturated rings. The predicted octanol–water partition coefficient (Wildman–Crippen LogP) is 7.34. The van der Waals surface area contributed by atoms with Crippen LogP contribution in [0.5, 0.6) is 0 Å². The molecule has 0 N–H and O–H groups in total. The number of halogens is 1. The summed E-state index contributed by atoms with van der Waals surface area (Å²) in [6, 6.07) is 26.5. The summed E-state index contributed by atoms with van der Waals surface area (Å²) in [5.74, 6) is 2.11. The van der Waals surface area contributed by atoms with Gasteiger partial charge in [-0.3, -0.25) is 9.80 Å². The van der Waals surface area contributed by atoms with Crippen molar-refractivity contribution < 1.29 is 0 Å². The Hall–Kier alpha value is -1.78. The van der Waals surface area contributed by atoms with Gasteiger partial charge in [-0.25, -0.2) is 0 Å². The van der Waals surface area contributed by atoms with E-state index in [1.54, 1.807) is 11.1 Å². The van der Waals surface area contributed by atoms with Crippen LogP contribution >= 0.6 is 23.4 Å². The van der Waals surface area contributed by atoms with Gasteiger partial charge >= 0.3 is 0 Å². The Kier molecular flexibility index (Phi) is 8.86. The van der Waals surface area contributed by atoms with E-state index < -0.39 is 0 Å². The zero-order chi connectivity index (χ0) is 23.9. The van der Waals surface area contributed by atoms with Crippen LogP contribution in [0.2, 0.25) is 5.02 Å². The van der Waals surface area contributed by atoms with Crippen LogP contribution in [-0.2, 0) is 25.9 Å². The monoisotopic (exact) mass is 504 g/mol. The fourth-order valence-corrected chi connectivity index (χ4v) is 6.66. The summed E-state index contributed by atoms with van der Waals surface area (Å²) in [6.45, 7) is 6.87. The van der Waals surface area contributed by atoms with Gasteiger partial charge in [0.2, 0.25) is 0 Å². The lowest BCUT2D eigenvalue weighted by molar-refractivity contribution is 0.175. The summed E-state index contributed by atoms with van der Waals surface area (Å²) in [5, 5.41) is 0.824. The molecule has 0 saturated carbocycles. The van der Waals surface area contributed by atoms with Crippen molar-refractivity contribution in [3.05, 3.63) is 100 Å². The van der Waals surface area contributed by atoms with E-state index in [2.05, 4.69) is 82.2 Å². The second-order valence-electron chi connectivity index (χ2n) is 10.2. The lowest BCUT2D eigenvalue weighted by Crippen LogP contribution is -2.33. The fraction of sp³-hybridized carbons (Fsp3) is 0.419. The molecule has 2 heterocycles. The van der Waals surface area contributed by atoms with Gasteiger partial charge in [0.1, 0.15) is 0 Å². The van der Waals surface area contributed by atoms with E-state index in [0.717, 1.165) is 37.1 Å². The van der Waals surface area contributed by atoms with Crippen LogP contribution in [0.4, 0.5) is 0 Å². The average molecular weight is 505 g/mol. The van der Waals surface area contributed by atoms with Crippen molar-refractivity contribution in [3.63, 3.8) is 0 Å². The second kappa shape index (κ2) is 12.5. The Morgan fingerprint density at radius 3 is 2.11 bits per heavy atom. The first kappa shape index (κ1) is 24.9. The number of thioether (sulfide) groups is 1. The Labute approximate surface area is 220 Å². The number of benzene rings is 3. The molecule has 2 aliphatic rings. The highest BCUT2D eigenvalue weighted by atomic mass is 35.5. The molecule has 0 radical (unpaired) electrons. The van der Waals surface area contributed by atoms with Gasteiger partial charge in [0, 0.05) is 36.1 Å². The van der Waals surface area contributed by atoms with E-state index in [0.29, 0.717) is 0 Å². The van der Waals surface area contributed by atoms with Gasteiger partial charge in [-0.05, 0) is 103 Å². The summed E-state index contributed by atoms with van der Waals surface area (Å²) >= 11 is 8.09. The van der Waals surface area contributed by atoms with Crippen molar-refractivity contribution in [2.24, 2.45) is 5.92 Å². The standard InChI is InChI=1S/C31H37ClN2S/c32-30-9-6-27(7-10-30)24-33-17-12-25(13-18-33)16-21-35-31-11-8-28-14-19-34(20-15-29(28)22-31)23-26-4-2-1-3-5-26/h1-11,22,25H,12-21,23-24H2. The summed E-state index contributed by atoms with van der Waals surface area (Å²) in [6.07, 6.45) is 6.33. The van der Waals surface area contributed by atoms with Crippen molar-refractivity contribution in [2.45, 2.75) is 50.1 Å². The average Bonchev–Trinajstić information content (AvgIpc) is 3.09. The molecule has 1 saturated heterocycles. The molecule has 0 aromatic heterocycles. The Bertz CT molecular complexity index is 1060. The maximum absolute atomic E-state index is 6.02. The summed E-state index contributed by atoms with van der Waals surface area (Å²) in [4.78, 5) is 6.67. The van der Waals surface area contributed by atoms with Crippen molar-refractivity contribution in [3.8, 4) is 0 Å². The van der Waals surface area contributed by atoms with Gasteiger partial charge < -0.3 is 0 Å². The molecule has 0 spiro atoms. The topological polar surface area (TPSA) is 6.48 Å². The zero-order valence-electron chi connectivity index (χ0n) is 20.7. The molecule has 2 nitrogen and oxygen atoms in total. The van der Waals surface area contributed by atoms with Crippen LogP contribution < -0.4 is 0 Å². The summed E-state index contributed by atoms with van der Waals surface area (Å²) < 4.78 is 0. The predicted molar refractivity (Wildman–Crippen MR) is 150 cm³/mol. The minimum Gasteiger partial charge on any atom is -0.299 e.